The minimum atomic E-state index is -1.07. The highest BCUT2D eigenvalue weighted by molar-refractivity contribution is 5.99. The Labute approximate surface area is 232 Å². The highest BCUT2D eigenvalue weighted by atomic mass is 19.1. The van der Waals surface area contributed by atoms with E-state index in [0.29, 0.717) is 24.2 Å². The molecule has 2 atom stereocenters. The number of carbonyl (C=O) groups is 3. The molecule has 208 valence electrons. The third-order valence-corrected chi connectivity index (χ3v) is 7.66. The van der Waals surface area contributed by atoms with Gasteiger partial charge in [0.15, 0.2) is 0 Å². The van der Waals surface area contributed by atoms with Gasteiger partial charge in [0, 0.05) is 37.1 Å². The van der Waals surface area contributed by atoms with E-state index < -0.39 is 17.6 Å². The van der Waals surface area contributed by atoms with E-state index in [1.807, 2.05) is 37.3 Å². The van der Waals surface area contributed by atoms with E-state index in [1.54, 1.807) is 40.1 Å². The van der Waals surface area contributed by atoms with Crippen molar-refractivity contribution in [1.29, 1.82) is 0 Å². The lowest BCUT2D eigenvalue weighted by Gasteiger charge is -2.44. The van der Waals surface area contributed by atoms with Gasteiger partial charge in [0.05, 0.1) is 19.8 Å². The number of likely N-dealkylation sites (tertiary alicyclic amines) is 1. The van der Waals surface area contributed by atoms with Crippen LogP contribution in [0.25, 0.3) is 0 Å². The Hall–Kier alpha value is -4.24. The highest BCUT2D eigenvalue weighted by Gasteiger charge is 2.54. The molecule has 8 nitrogen and oxygen atoms in total. The molecule has 0 radical (unpaired) electrons. The second-order valence-corrected chi connectivity index (χ2v) is 10.1. The average molecular weight is 546 g/mol. The number of benzene rings is 3. The second kappa shape index (κ2) is 11.5. The zero-order valence-corrected chi connectivity index (χ0v) is 22.5. The number of methoxy groups -OCH3 is 1. The Bertz CT molecular complexity index is 1390. The molecule has 40 heavy (non-hydrogen) atoms. The van der Waals surface area contributed by atoms with Gasteiger partial charge in [-0.25, -0.2) is 4.39 Å². The Kier molecular flexibility index (Phi) is 7.84. The number of ether oxygens (including phenoxy) is 2. The normalized spacial score (nSPS) is 18.8. The minimum Gasteiger partial charge on any atom is -0.497 e. The van der Waals surface area contributed by atoms with Crippen LogP contribution in [-0.2, 0) is 9.53 Å². The Balaban J connectivity index is 1.39. The van der Waals surface area contributed by atoms with Gasteiger partial charge < -0.3 is 19.7 Å². The van der Waals surface area contributed by atoms with Crippen molar-refractivity contribution in [3.63, 3.8) is 0 Å². The number of nitrogens with one attached hydrogen (secondary N) is 1. The van der Waals surface area contributed by atoms with E-state index in [2.05, 4.69) is 5.32 Å². The summed E-state index contributed by atoms with van der Waals surface area (Å²) in [4.78, 5) is 43.8. The second-order valence-electron chi connectivity index (χ2n) is 10.1. The van der Waals surface area contributed by atoms with Crippen LogP contribution in [0.15, 0.2) is 78.9 Å². The number of amides is 3. The monoisotopic (exact) mass is 545 g/mol. The maximum atomic E-state index is 14.0. The molecule has 9 heteroatoms. The maximum Gasteiger partial charge on any atom is 0.257 e. The first-order valence-electron chi connectivity index (χ1n) is 13.3. The van der Waals surface area contributed by atoms with Crippen molar-refractivity contribution >= 4 is 17.7 Å². The van der Waals surface area contributed by atoms with Gasteiger partial charge >= 0.3 is 0 Å². The predicted molar refractivity (Wildman–Crippen MR) is 146 cm³/mol. The molecule has 2 aliphatic heterocycles. The first-order valence-corrected chi connectivity index (χ1v) is 13.3. The fraction of sp³-hybridized carbons (Fsp3) is 0.323. The van der Waals surface area contributed by atoms with Gasteiger partial charge in [0.1, 0.15) is 23.3 Å². The summed E-state index contributed by atoms with van der Waals surface area (Å²) in [5.74, 6) is -0.915. The average Bonchev–Trinajstić information content (AvgIpc) is 3.35. The van der Waals surface area contributed by atoms with Crippen molar-refractivity contribution in [3.05, 3.63) is 101 Å². The SMILES string of the molecule is COc1cccc(C(=O)N2[C@@H](C(=O)N[C@@H](C)c3ccccc3)COC23CCN(C(=O)c2cccc(F)c2)CC3)c1. The molecular formula is C31H32FN3O5. The zero-order chi connectivity index (χ0) is 28.3. The molecule has 0 aromatic heterocycles. The maximum absolute atomic E-state index is 14.0. The minimum absolute atomic E-state index is 0.0287. The van der Waals surface area contributed by atoms with Crippen LogP contribution in [0.3, 0.4) is 0 Å². The molecule has 0 unspecified atom stereocenters. The molecule has 3 aromatic carbocycles. The van der Waals surface area contributed by atoms with Gasteiger partial charge in [-0.2, -0.15) is 0 Å². The molecule has 2 fully saturated rings. The number of hydrogen-bond acceptors (Lipinski definition) is 5. The standard InChI is InChI=1S/C31H32FN3O5/c1-21(22-8-4-3-5-9-22)33-28(36)27-20-40-31(35(27)30(38)24-11-7-13-26(19-24)39-2)14-16-34(17-15-31)29(37)23-10-6-12-25(32)18-23/h3-13,18-19,21,27H,14-17,20H2,1-2H3,(H,33,36)/t21-,27+/m0/s1. The van der Waals surface area contributed by atoms with Crippen molar-refractivity contribution < 1.29 is 28.2 Å². The van der Waals surface area contributed by atoms with Crippen molar-refractivity contribution in [2.75, 3.05) is 26.8 Å². The first-order chi connectivity index (χ1) is 19.3. The number of halogens is 1. The summed E-state index contributed by atoms with van der Waals surface area (Å²) >= 11 is 0. The molecule has 2 aliphatic rings. The number of piperidine rings is 1. The van der Waals surface area contributed by atoms with Crippen LogP contribution in [0.4, 0.5) is 4.39 Å². The molecule has 0 aliphatic carbocycles. The lowest BCUT2D eigenvalue weighted by Crippen LogP contribution is -2.60. The van der Waals surface area contributed by atoms with Gasteiger partial charge in [-0.1, -0.05) is 42.5 Å². The number of carbonyl (C=O) groups excluding carboxylic acids is 3. The third kappa shape index (κ3) is 5.42. The fourth-order valence-electron chi connectivity index (χ4n) is 5.46. The molecule has 3 amide bonds. The molecule has 2 heterocycles. The molecule has 5 rings (SSSR count). The summed E-state index contributed by atoms with van der Waals surface area (Å²) in [7, 11) is 1.52. The molecule has 1 spiro atoms. The van der Waals surface area contributed by atoms with E-state index in [4.69, 9.17) is 9.47 Å². The largest absolute Gasteiger partial charge is 0.497 e. The van der Waals surface area contributed by atoms with E-state index in [-0.39, 0.29) is 49.0 Å². The summed E-state index contributed by atoms with van der Waals surface area (Å²) in [6.07, 6.45) is 0.615. The van der Waals surface area contributed by atoms with Crippen molar-refractivity contribution in [3.8, 4) is 5.75 Å². The van der Waals surface area contributed by atoms with E-state index >= 15 is 0 Å². The van der Waals surface area contributed by atoms with Crippen LogP contribution < -0.4 is 10.1 Å². The molecule has 0 saturated carbocycles. The van der Waals surface area contributed by atoms with Gasteiger partial charge in [-0.3, -0.25) is 19.3 Å². The topological polar surface area (TPSA) is 88.2 Å². The van der Waals surface area contributed by atoms with E-state index in [0.717, 1.165) is 5.56 Å². The van der Waals surface area contributed by atoms with Crippen LogP contribution in [-0.4, -0.2) is 66.1 Å². The lowest BCUT2D eigenvalue weighted by atomic mass is 9.96. The third-order valence-electron chi connectivity index (χ3n) is 7.66. The van der Waals surface area contributed by atoms with Crippen LogP contribution in [0.5, 0.6) is 5.75 Å². The van der Waals surface area contributed by atoms with Crippen LogP contribution >= 0.6 is 0 Å². The zero-order valence-electron chi connectivity index (χ0n) is 22.5. The summed E-state index contributed by atoms with van der Waals surface area (Å²) in [6.45, 7) is 2.49. The Morgan fingerprint density at radius 2 is 1.62 bits per heavy atom. The molecule has 3 aromatic rings. The predicted octanol–water partition coefficient (Wildman–Crippen LogP) is 4.19. The summed E-state index contributed by atoms with van der Waals surface area (Å²) in [5, 5.41) is 3.04. The molecular weight excluding hydrogens is 513 g/mol. The number of rotatable bonds is 6. The van der Waals surface area contributed by atoms with Crippen molar-refractivity contribution in [1.82, 2.24) is 15.1 Å². The summed E-state index contributed by atoms with van der Waals surface area (Å²) in [6, 6.07) is 20.8. The number of hydrogen-bond donors (Lipinski definition) is 1. The van der Waals surface area contributed by atoms with Crippen LogP contribution in [0.2, 0.25) is 0 Å². The summed E-state index contributed by atoms with van der Waals surface area (Å²) < 4.78 is 25.3. The lowest BCUT2D eigenvalue weighted by molar-refractivity contribution is -0.128. The van der Waals surface area contributed by atoms with E-state index in [9.17, 15) is 18.8 Å². The van der Waals surface area contributed by atoms with Crippen LogP contribution in [0, 0.1) is 5.82 Å². The summed E-state index contributed by atoms with van der Waals surface area (Å²) in [5.41, 5.74) is 0.507. The quantitative estimate of drug-likeness (QED) is 0.502. The van der Waals surface area contributed by atoms with Crippen molar-refractivity contribution in [2.45, 2.75) is 37.6 Å². The van der Waals surface area contributed by atoms with Crippen molar-refractivity contribution in [2.24, 2.45) is 0 Å². The van der Waals surface area contributed by atoms with Crippen LogP contribution in [0.1, 0.15) is 52.1 Å². The molecule has 0 bridgehead atoms. The Morgan fingerprint density at radius 3 is 2.30 bits per heavy atom. The van der Waals surface area contributed by atoms with Gasteiger partial charge in [0.25, 0.3) is 11.8 Å². The van der Waals surface area contributed by atoms with Gasteiger partial charge in [-0.15, -0.1) is 0 Å². The van der Waals surface area contributed by atoms with Gasteiger partial charge in [-0.05, 0) is 48.9 Å². The number of nitrogens with zero attached hydrogens (tertiary/aromatic N) is 2. The smallest absolute Gasteiger partial charge is 0.257 e. The van der Waals surface area contributed by atoms with Gasteiger partial charge in [0.2, 0.25) is 5.91 Å². The fourth-order valence-corrected chi connectivity index (χ4v) is 5.46. The molecule has 2 saturated heterocycles. The molecule has 1 N–H and O–H groups in total. The highest BCUT2D eigenvalue weighted by Crippen LogP contribution is 2.39. The Morgan fingerprint density at radius 1 is 0.950 bits per heavy atom. The van der Waals surface area contributed by atoms with E-state index in [1.165, 1.54) is 25.3 Å². The first kappa shape index (κ1) is 27.3.